The van der Waals surface area contributed by atoms with Crippen molar-refractivity contribution < 1.29 is 9.90 Å². The van der Waals surface area contributed by atoms with E-state index in [1.54, 1.807) is 0 Å². The molecule has 1 heterocycles. The summed E-state index contributed by atoms with van der Waals surface area (Å²) < 4.78 is 0. The van der Waals surface area contributed by atoms with Gasteiger partial charge in [0.05, 0.1) is 5.54 Å². The van der Waals surface area contributed by atoms with E-state index in [4.69, 9.17) is 5.11 Å². The zero-order valence-electron chi connectivity index (χ0n) is 11.5. The molecule has 0 aliphatic carbocycles. The Kier molecular flexibility index (Phi) is 8.57. The molecule has 4 nitrogen and oxygen atoms in total. The third-order valence-electron chi connectivity index (χ3n) is 3.66. The SMILES string of the molecule is CCCC(CCO)CNC(=O)C1(C)CCCN1.Cl. The minimum Gasteiger partial charge on any atom is -0.396 e. The minimum absolute atomic E-state index is 0. The second kappa shape index (κ2) is 8.73. The molecule has 108 valence electrons. The van der Waals surface area contributed by atoms with Crippen LogP contribution in [0, 0.1) is 5.92 Å². The van der Waals surface area contributed by atoms with Crippen molar-refractivity contribution in [1.29, 1.82) is 0 Å². The highest BCUT2D eigenvalue weighted by molar-refractivity contribution is 5.86. The molecule has 2 atom stereocenters. The fourth-order valence-corrected chi connectivity index (χ4v) is 2.46. The Hall–Kier alpha value is -0.320. The van der Waals surface area contributed by atoms with Gasteiger partial charge in [-0.2, -0.15) is 0 Å². The second-order valence-corrected chi connectivity index (χ2v) is 5.24. The third kappa shape index (κ3) is 5.12. The van der Waals surface area contributed by atoms with E-state index < -0.39 is 0 Å². The monoisotopic (exact) mass is 278 g/mol. The van der Waals surface area contributed by atoms with Gasteiger partial charge in [-0.25, -0.2) is 0 Å². The van der Waals surface area contributed by atoms with Crippen molar-refractivity contribution in [3.63, 3.8) is 0 Å². The van der Waals surface area contributed by atoms with E-state index in [0.717, 1.165) is 38.6 Å². The molecular weight excluding hydrogens is 252 g/mol. The standard InChI is InChI=1S/C13H26N2O2.ClH/c1-3-5-11(6-9-16)10-14-12(17)13(2)7-4-8-15-13;/h11,15-16H,3-10H2,1-2H3,(H,14,17);1H. The summed E-state index contributed by atoms with van der Waals surface area (Å²) >= 11 is 0. The number of amides is 1. The second-order valence-electron chi connectivity index (χ2n) is 5.24. The summed E-state index contributed by atoms with van der Waals surface area (Å²) in [6, 6.07) is 0. The predicted octanol–water partition coefficient (Wildman–Crippen LogP) is 1.47. The summed E-state index contributed by atoms with van der Waals surface area (Å²) in [4.78, 5) is 12.0. The first-order chi connectivity index (χ1) is 8.12. The van der Waals surface area contributed by atoms with Crippen LogP contribution in [0.2, 0.25) is 0 Å². The van der Waals surface area contributed by atoms with E-state index >= 15 is 0 Å². The molecular formula is C13H27ClN2O2. The van der Waals surface area contributed by atoms with Gasteiger partial charge in [0, 0.05) is 13.2 Å². The molecule has 0 aromatic heterocycles. The lowest BCUT2D eigenvalue weighted by Crippen LogP contribution is -2.52. The Morgan fingerprint density at radius 3 is 2.72 bits per heavy atom. The molecule has 3 N–H and O–H groups in total. The Bertz CT molecular complexity index is 237. The highest BCUT2D eigenvalue weighted by Gasteiger charge is 2.35. The lowest BCUT2D eigenvalue weighted by Gasteiger charge is -2.25. The van der Waals surface area contributed by atoms with Gasteiger partial charge >= 0.3 is 0 Å². The van der Waals surface area contributed by atoms with E-state index in [2.05, 4.69) is 17.6 Å². The average Bonchev–Trinajstić information content (AvgIpc) is 2.74. The number of halogens is 1. The van der Waals surface area contributed by atoms with Crippen molar-refractivity contribution in [2.75, 3.05) is 19.7 Å². The molecule has 0 aromatic rings. The van der Waals surface area contributed by atoms with E-state index in [-0.39, 0.29) is 30.5 Å². The van der Waals surface area contributed by atoms with Gasteiger partial charge in [-0.1, -0.05) is 13.3 Å². The Morgan fingerprint density at radius 2 is 2.22 bits per heavy atom. The molecule has 1 aliphatic rings. The van der Waals surface area contributed by atoms with Gasteiger partial charge in [-0.05, 0) is 45.1 Å². The molecule has 18 heavy (non-hydrogen) atoms. The maximum Gasteiger partial charge on any atom is 0.240 e. The van der Waals surface area contributed by atoms with E-state index in [0.29, 0.717) is 12.5 Å². The largest absolute Gasteiger partial charge is 0.396 e. The van der Waals surface area contributed by atoms with Crippen molar-refractivity contribution >= 4 is 18.3 Å². The van der Waals surface area contributed by atoms with Crippen LogP contribution in [0.4, 0.5) is 0 Å². The first-order valence-electron chi connectivity index (χ1n) is 6.76. The lowest BCUT2D eigenvalue weighted by atomic mass is 9.97. The van der Waals surface area contributed by atoms with Gasteiger partial charge in [0.25, 0.3) is 0 Å². The van der Waals surface area contributed by atoms with E-state index in [1.165, 1.54) is 0 Å². The van der Waals surface area contributed by atoms with Crippen LogP contribution in [-0.2, 0) is 4.79 Å². The maximum atomic E-state index is 12.0. The quantitative estimate of drug-likeness (QED) is 0.661. The van der Waals surface area contributed by atoms with Crippen molar-refractivity contribution in [3.05, 3.63) is 0 Å². The summed E-state index contributed by atoms with van der Waals surface area (Å²) in [5.74, 6) is 0.507. The first-order valence-corrected chi connectivity index (χ1v) is 6.76. The van der Waals surface area contributed by atoms with Crippen LogP contribution in [0.25, 0.3) is 0 Å². The van der Waals surface area contributed by atoms with Gasteiger partial charge in [-0.3, -0.25) is 4.79 Å². The smallest absolute Gasteiger partial charge is 0.240 e. The molecule has 1 saturated heterocycles. The van der Waals surface area contributed by atoms with Crippen LogP contribution in [0.3, 0.4) is 0 Å². The summed E-state index contributed by atoms with van der Waals surface area (Å²) in [7, 11) is 0. The lowest BCUT2D eigenvalue weighted by molar-refractivity contribution is -0.126. The summed E-state index contributed by atoms with van der Waals surface area (Å²) in [6.07, 6.45) is 4.91. The van der Waals surface area contributed by atoms with Crippen LogP contribution >= 0.6 is 12.4 Å². The molecule has 5 heteroatoms. The molecule has 0 bridgehead atoms. The van der Waals surface area contributed by atoms with Crippen LogP contribution in [0.1, 0.15) is 46.0 Å². The van der Waals surface area contributed by atoms with E-state index in [9.17, 15) is 4.79 Å². The van der Waals surface area contributed by atoms with Gasteiger partial charge in [0.2, 0.25) is 5.91 Å². The number of rotatable bonds is 7. The van der Waals surface area contributed by atoms with Crippen molar-refractivity contribution in [3.8, 4) is 0 Å². The van der Waals surface area contributed by atoms with Crippen molar-refractivity contribution in [2.45, 2.75) is 51.5 Å². The molecule has 1 aliphatic heterocycles. The third-order valence-corrected chi connectivity index (χ3v) is 3.66. The fraction of sp³-hybridized carbons (Fsp3) is 0.923. The first kappa shape index (κ1) is 17.7. The molecule has 1 fully saturated rings. The van der Waals surface area contributed by atoms with Gasteiger partial charge in [0.1, 0.15) is 0 Å². The minimum atomic E-state index is -0.379. The number of hydrogen-bond acceptors (Lipinski definition) is 3. The number of hydrogen-bond donors (Lipinski definition) is 3. The molecule has 0 spiro atoms. The number of aliphatic hydroxyl groups is 1. The van der Waals surface area contributed by atoms with Crippen LogP contribution in [-0.4, -0.2) is 36.2 Å². The number of aliphatic hydroxyl groups excluding tert-OH is 1. The number of carbonyl (C=O) groups is 1. The highest BCUT2D eigenvalue weighted by Crippen LogP contribution is 2.19. The Morgan fingerprint density at radius 1 is 1.50 bits per heavy atom. The summed E-state index contributed by atoms with van der Waals surface area (Å²) in [5.41, 5.74) is -0.379. The Balaban J connectivity index is 0.00000289. The highest BCUT2D eigenvalue weighted by atomic mass is 35.5. The topological polar surface area (TPSA) is 61.4 Å². The van der Waals surface area contributed by atoms with Gasteiger partial charge in [-0.15, -0.1) is 12.4 Å². The van der Waals surface area contributed by atoms with Crippen molar-refractivity contribution in [2.24, 2.45) is 5.92 Å². The summed E-state index contributed by atoms with van der Waals surface area (Å²) in [6.45, 7) is 5.92. The van der Waals surface area contributed by atoms with Gasteiger partial charge < -0.3 is 15.7 Å². The predicted molar refractivity (Wildman–Crippen MR) is 76.0 cm³/mol. The van der Waals surface area contributed by atoms with E-state index in [1.807, 2.05) is 6.92 Å². The van der Waals surface area contributed by atoms with Crippen LogP contribution in [0.15, 0.2) is 0 Å². The molecule has 0 saturated carbocycles. The van der Waals surface area contributed by atoms with Crippen LogP contribution in [0.5, 0.6) is 0 Å². The Labute approximate surface area is 116 Å². The average molecular weight is 279 g/mol. The normalized spacial score (nSPS) is 24.4. The summed E-state index contributed by atoms with van der Waals surface area (Å²) in [5, 5.41) is 15.2. The molecule has 2 unspecified atom stereocenters. The number of carbonyl (C=O) groups excluding carboxylic acids is 1. The van der Waals surface area contributed by atoms with Crippen molar-refractivity contribution in [1.82, 2.24) is 10.6 Å². The number of nitrogens with one attached hydrogen (secondary N) is 2. The molecule has 0 radical (unpaired) electrons. The fourth-order valence-electron chi connectivity index (χ4n) is 2.46. The van der Waals surface area contributed by atoms with Crippen LogP contribution < -0.4 is 10.6 Å². The molecule has 1 amide bonds. The maximum absolute atomic E-state index is 12.0. The van der Waals surface area contributed by atoms with Gasteiger partial charge in [0.15, 0.2) is 0 Å². The molecule has 1 rings (SSSR count). The zero-order chi connectivity index (χ0) is 12.7. The molecule has 0 aromatic carbocycles. The zero-order valence-corrected chi connectivity index (χ0v) is 12.3.